The van der Waals surface area contributed by atoms with Crippen molar-refractivity contribution in [2.45, 2.75) is 18.9 Å². The van der Waals surface area contributed by atoms with Gasteiger partial charge in [-0.2, -0.15) is 11.8 Å². The van der Waals surface area contributed by atoms with Crippen molar-refractivity contribution in [3.63, 3.8) is 0 Å². The maximum absolute atomic E-state index is 4.39. The van der Waals surface area contributed by atoms with Crippen molar-refractivity contribution < 1.29 is 0 Å². The number of likely N-dealkylation sites (N-methyl/N-ethyl adjacent to an activating group) is 1. The molecule has 2 atom stereocenters. The van der Waals surface area contributed by atoms with Crippen LogP contribution in [0.2, 0.25) is 0 Å². The van der Waals surface area contributed by atoms with E-state index < -0.39 is 0 Å². The number of hydrogen-bond donors (Lipinski definition) is 1. The highest BCUT2D eigenvalue weighted by atomic mass is 32.2. The highest BCUT2D eigenvalue weighted by Crippen LogP contribution is 2.27. The predicted molar refractivity (Wildman–Crippen MR) is 65.2 cm³/mol. The summed E-state index contributed by atoms with van der Waals surface area (Å²) in [5.74, 6) is 4.63. The lowest BCUT2D eigenvalue weighted by Gasteiger charge is -2.21. The van der Waals surface area contributed by atoms with Crippen LogP contribution in [0.15, 0.2) is 12.4 Å². The zero-order chi connectivity index (χ0) is 10.7. The van der Waals surface area contributed by atoms with Crippen LogP contribution in [0.25, 0.3) is 0 Å². The monoisotopic (exact) mass is 225 g/mol. The lowest BCUT2D eigenvalue weighted by molar-refractivity contribution is 0.395. The van der Waals surface area contributed by atoms with E-state index in [1.54, 1.807) is 0 Å². The Morgan fingerprint density at radius 2 is 2.60 bits per heavy atom. The maximum atomic E-state index is 4.39. The van der Waals surface area contributed by atoms with Crippen LogP contribution in [0.4, 0.5) is 0 Å². The molecule has 1 N–H and O–H groups in total. The molecule has 0 saturated carbocycles. The molecule has 0 radical (unpaired) electrons. The number of hydrogen-bond acceptors (Lipinski definition) is 3. The van der Waals surface area contributed by atoms with Gasteiger partial charge in [0, 0.05) is 31.9 Å². The third-order valence-electron chi connectivity index (χ3n) is 3.23. The number of imidazole rings is 1. The summed E-state index contributed by atoms with van der Waals surface area (Å²) < 4.78 is 2.12. The lowest BCUT2D eigenvalue weighted by atomic mass is 9.96. The van der Waals surface area contributed by atoms with Gasteiger partial charge >= 0.3 is 0 Å². The normalized spacial score (nSPS) is 23.2. The van der Waals surface area contributed by atoms with Crippen LogP contribution in [0, 0.1) is 5.92 Å². The van der Waals surface area contributed by atoms with Crippen molar-refractivity contribution in [2.75, 3.05) is 18.6 Å². The second-order valence-electron chi connectivity index (χ2n) is 4.18. The summed E-state index contributed by atoms with van der Waals surface area (Å²) in [7, 11) is 4.13. The quantitative estimate of drug-likeness (QED) is 0.838. The average molecular weight is 225 g/mol. The van der Waals surface area contributed by atoms with E-state index in [9.17, 15) is 0 Å². The minimum absolute atomic E-state index is 0.584. The molecule has 0 amide bonds. The third kappa shape index (κ3) is 2.55. The van der Waals surface area contributed by atoms with Crippen LogP contribution in [0.5, 0.6) is 0 Å². The lowest BCUT2D eigenvalue weighted by Crippen LogP contribution is -2.36. The fourth-order valence-corrected chi connectivity index (χ4v) is 3.50. The van der Waals surface area contributed by atoms with E-state index in [-0.39, 0.29) is 0 Å². The van der Waals surface area contributed by atoms with Crippen molar-refractivity contribution in [2.24, 2.45) is 13.0 Å². The van der Waals surface area contributed by atoms with Crippen molar-refractivity contribution in [3.05, 3.63) is 18.2 Å². The largest absolute Gasteiger partial charge is 0.338 e. The van der Waals surface area contributed by atoms with Gasteiger partial charge in [0.1, 0.15) is 5.82 Å². The molecule has 0 bridgehead atoms. The molecule has 15 heavy (non-hydrogen) atoms. The summed E-state index contributed by atoms with van der Waals surface area (Å²) in [5.41, 5.74) is 0. The number of nitrogens with zero attached hydrogens (tertiary/aromatic N) is 2. The summed E-state index contributed by atoms with van der Waals surface area (Å²) >= 11 is 2.08. The second-order valence-corrected chi connectivity index (χ2v) is 5.33. The van der Waals surface area contributed by atoms with Gasteiger partial charge in [-0.1, -0.05) is 0 Å². The molecule has 2 rings (SSSR count). The second kappa shape index (κ2) is 5.03. The standard InChI is InChI=1S/C11H19N3S/c1-12-10(9-3-6-15-8-9)7-11-13-4-5-14(11)2/h4-5,9-10,12H,3,6-8H2,1-2H3. The summed E-state index contributed by atoms with van der Waals surface area (Å²) in [6, 6.07) is 0.584. The Hall–Kier alpha value is -0.480. The Balaban J connectivity index is 1.98. The van der Waals surface area contributed by atoms with E-state index >= 15 is 0 Å². The van der Waals surface area contributed by atoms with Gasteiger partial charge < -0.3 is 9.88 Å². The van der Waals surface area contributed by atoms with Crippen LogP contribution >= 0.6 is 11.8 Å². The predicted octanol–water partition coefficient (Wildman–Crippen LogP) is 1.30. The van der Waals surface area contributed by atoms with Gasteiger partial charge in [0.25, 0.3) is 0 Å². The van der Waals surface area contributed by atoms with Gasteiger partial charge in [-0.15, -0.1) is 0 Å². The van der Waals surface area contributed by atoms with Gasteiger partial charge in [0.2, 0.25) is 0 Å². The van der Waals surface area contributed by atoms with Crippen molar-refractivity contribution in [1.29, 1.82) is 0 Å². The molecular formula is C11H19N3S. The van der Waals surface area contributed by atoms with Crippen molar-refractivity contribution in [3.8, 4) is 0 Å². The number of aromatic nitrogens is 2. The molecule has 2 unspecified atom stereocenters. The van der Waals surface area contributed by atoms with E-state index in [1.807, 2.05) is 12.4 Å². The van der Waals surface area contributed by atoms with Gasteiger partial charge in [0.05, 0.1) is 0 Å². The molecule has 1 aliphatic heterocycles. The van der Waals surface area contributed by atoms with Crippen LogP contribution in [0.1, 0.15) is 12.2 Å². The smallest absolute Gasteiger partial charge is 0.109 e. The molecule has 1 aliphatic rings. The first kappa shape index (κ1) is 11.0. The van der Waals surface area contributed by atoms with Crippen LogP contribution in [-0.4, -0.2) is 34.1 Å². The first-order chi connectivity index (χ1) is 7.31. The molecule has 1 aromatic heterocycles. The van der Waals surface area contributed by atoms with E-state index in [1.165, 1.54) is 23.8 Å². The topological polar surface area (TPSA) is 29.9 Å². The Labute approximate surface area is 95.7 Å². The van der Waals surface area contributed by atoms with Crippen LogP contribution in [-0.2, 0) is 13.5 Å². The molecule has 0 spiro atoms. The molecular weight excluding hydrogens is 206 g/mol. The SMILES string of the molecule is CNC(Cc1nccn1C)C1CCSC1. The summed E-state index contributed by atoms with van der Waals surface area (Å²) in [4.78, 5) is 4.39. The fraction of sp³-hybridized carbons (Fsp3) is 0.727. The van der Waals surface area contributed by atoms with Gasteiger partial charge in [0.15, 0.2) is 0 Å². The molecule has 84 valence electrons. The minimum atomic E-state index is 0.584. The Kier molecular flexibility index (Phi) is 3.70. The Morgan fingerprint density at radius 3 is 3.13 bits per heavy atom. The minimum Gasteiger partial charge on any atom is -0.338 e. The summed E-state index contributed by atoms with van der Waals surface area (Å²) in [5, 5.41) is 3.44. The highest BCUT2D eigenvalue weighted by Gasteiger charge is 2.25. The van der Waals surface area contributed by atoms with Crippen molar-refractivity contribution >= 4 is 11.8 Å². The Morgan fingerprint density at radius 1 is 1.73 bits per heavy atom. The van der Waals surface area contributed by atoms with Crippen molar-refractivity contribution in [1.82, 2.24) is 14.9 Å². The van der Waals surface area contributed by atoms with Gasteiger partial charge in [-0.25, -0.2) is 4.98 Å². The molecule has 0 aromatic carbocycles. The van der Waals surface area contributed by atoms with Crippen LogP contribution in [0.3, 0.4) is 0 Å². The zero-order valence-corrected chi connectivity index (χ0v) is 10.3. The summed E-state index contributed by atoms with van der Waals surface area (Å²) in [6.45, 7) is 0. The number of nitrogens with one attached hydrogen (secondary N) is 1. The first-order valence-electron chi connectivity index (χ1n) is 5.52. The number of thioether (sulfide) groups is 1. The van der Waals surface area contributed by atoms with E-state index in [4.69, 9.17) is 0 Å². The maximum Gasteiger partial charge on any atom is 0.109 e. The fourth-order valence-electron chi connectivity index (χ4n) is 2.16. The van der Waals surface area contributed by atoms with Gasteiger partial charge in [-0.3, -0.25) is 0 Å². The number of aryl methyl sites for hydroxylation is 1. The third-order valence-corrected chi connectivity index (χ3v) is 4.42. The molecule has 4 heteroatoms. The highest BCUT2D eigenvalue weighted by molar-refractivity contribution is 7.99. The van der Waals surface area contributed by atoms with Gasteiger partial charge in [-0.05, 0) is 30.9 Å². The molecule has 3 nitrogen and oxygen atoms in total. The average Bonchev–Trinajstić information content (AvgIpc) is 2.86. The molecule has 1 aromatic rings. The molecule has 0 aliphatic carbocycles. The number of rotatable bonds is 4. The van der Waals surface area contributed by atoms with E-state index in [2.05, 4.69) is 40.7 Å². The molecule has 1 fully saturated rings. The Bertz CT molecular complexity index is 305. The molecule has 1 saturated heterocycles. The van der Waals surface area contributed by atoms with Crippen LogP contribution < -0.4 is 5.32 Å². The van der Waals surface area contributed by atoms with E-state index in [0.717, 1.165) is 12.3 Å². The zero-order valence-electron chi connectivity index (χ0n) is 9.44. The summed E-state index contributed by atoms with van der Waals surface area (Å²) in [6.07, 6.45) is 6.29. The van der Waals surface area contributed by atoms with E-state index in [0.29, 0.717) is 6.04 Å². The first-order valence-corrected chi connectivity index (χ1v) is 6.68. The molecule has 2 heterocycles.